The van der Waals surface area contributed by atoms with E-state index < -0.39 is 26.5 Å². The van der Waals surface area contributed by atoms with Crippen LogP contribution in [0.5, 0.6) is 0 Å². The monoisotopic (exact) mass is 1420 g/mol. The predicted octanol–water partition coefficient (Wildman–Crippen LogP) is 28.1. The molecular formula is C90H162NO8P. The van der Waals surface area contributed by atoms with Crippen molar-refractivity contribution in [2.75, 3.05) is 47.5 Å². The maximum Gasteiger partial charge on any atom is 0.306 e. The van der Waals surface area contributed by atoms with Gasteiger partial charge in [0.15, 0.2) is 6.10 Å². The third-order valence-electron chi connectivity index (χ3n) is 18.8. The highest BCUT2D eigenvalue weighted by Crippen LogP contribution is 2.38. The lowest BCUT2D eigenvalue weighted by Gasteiger charge is -2.28. The van der Waals surface area contributed by atoms with Crippen LogP contribution in [0, 0.1) is 0 Å². The fourth-order valence-electron chi connectivity index (χ4n) is 12.3. The SMILES string of the molecule is CC/C=C\C/C=C\C/C=C\C/C=C\C/C=C\C/C=C\C/C=C\C/C=C\CCCCCCCCCCCCCCCCCCC(=O)OC(COC(=O)CCCCCCCCCCCCCCCCCCCCCCCCC/C=C\CCCCCCCCCC)COP(=O)([O-])OCC[N+](C)(C)C. The van der Waals surface area contributed by atoms with Crippen molar-refractivity contribution in [3.8, 4) is 0 Å². The number of unbranched alkanes of at least 4 members (excludes halogenated alkanes) is 47. The van der Waals surface area contributed by atoms with Crippen molar-refractivity contribution in [2.24, 2.45) is 0 Å². The van der Waals surface area contributed by atoms with Gasteiger partial charge in [0, 0.05) is 12.8 Å². The zero-order chi connectivity index (χ0) is 72.5. The summed E-state index contributed by atoms with van der Waals surface area (Å²) in [5.41, 5.74) is 0. The van der Waals surface area contributed by atoms with Gasteiger partial charge >= 0.3 is 11.9 Å². The molecular weight excluding hydrogens is 1250 g/mol. The molecule has 580 valence electrons. The minimum atomic E-state index is -4.65. The van der Waals surface area contributed by atoms with Gasteiger partial charge in [0.1, 0.15) is 19.8 Å². The smallest absolute Gasteiger partial charge is 0.306 e. The second-order valence-corrected chi connectivity index (χ2v) is 31.2. The first-order valence-electron chi connectivity index (χ1n) is 42.6. The molecule has 0 radical (unpaired) electrons. The number of allylic oxidation sites excluding steroid dienone is 18. The fourth-order valence-corrected chi connectivity index (χ4v) is 13.0. The molecule has 0 aliphatic heterocycles. The first kappa shape index (κ1) is 96.7. The van der Waals surface area contributed by atoms with Crippen molar-refractivity contribution >= 4 is 19.8 Å². The number of hydrogen-bond donors (Lipinski definition) is 0. The Kier molecular flexibility index (Phi) is 77.1. The summed E-state index contributed by atoms with van der Waals surface area (Å²) in [7, 11) is 1.18. The van der Waals surface area contributed by atoms with E-state index >= 15 is 0 Å². The highest BCUT2D eigenvalue weighted by Gasteiger charge is 2.22. The summed E-state index contributed by atoms with van der Waals surface area (Å²) in [5.74, 6) is -0.817. The Bertz CT molecular complexity index is 2060. The molecule has 0 aliphatic carbocycles. The van der Waals surface area contributed by atoms with Crippen LogP contribution in [0.3, 0.4) is 0 Å². The first-order chi connectivity index (χ1) is 49.0. The Morgan fingerprint density at radius 3 is 0.860 bits per heavy atom. The van der Waals surface area contributed by atoms with Crippen molar-refractivity contribution in [1.82, 2.24) is 0 Å². The molecule has 0 saturated carbocycles. The molecule has 0 aromatic heterocycles. The summed E-state index contributed by atoms with van der Waals surface area (Å²) < 4.78 is 34.5. The number of likely N-dealkylation sites (N-methyl/N-ethyl adjacent to an activating group) is 1. The Morgan fingerprint density at radius 2 is 0.570 bits per heavy atom. The molecule has 100 heavy (non-hydrogen) atoms. The quantitative estimate of drug-likeness (QED) is 0.0195. The van der Waals surface area contributed by atoms with Gasteiger partial charge < -0.3 is 27.9 Å². The van der Waals surface area contributed by atoms with E-state index in [1.54, 1.807) is 0 Å². The van der Waals surface area contributed by atoms with Crippen LogP contribution >= 0.6 is 7.82 Å². The molecule has 0 aromatic carbocycles. The zero-order valence-electron chi connectivity index (χ0n) is 66.4. The molecule has 0 rings (SSSR count). The van der Waals surface area contributed by atoms with Crippen LogP contribution in [0.1, 0.15) is 399 Å². The lowest BCUT2D eigenvalue weighted by atomic mass is 10.0. The van der Waals surface area contributed by atoms with E-state index in [4.69, 9.17) is 18.5 Å². The van der Waals surface area contributed by atoms with Crippen LogP contribution in [-0.2, 0) is 32.7 Å². The second kappa shape index (κ2) is 79.8. The molecule has 0 spiro atoms. The number of hydrogen-bond acceptors (Lipinski definition) is 8. The maximum atomic E-state index is 12.9. The van der Waals surface area contributed by atoms with Crippen LogP contribution in [0.25, 0.3) is 0 Å². The summed E-state index contributed by atoms with van der Waals surface area (Å²) >= 11 is 0. The second-order valence-electron chi connectivity index (χ2n) is 29.8. The van der Waals surface area contributed by atoms with Crippen LogP contribution < -0.4 is 4.89 Å². The minimum absolute atomic E-state index is 0.0315. The van der Waals surface area contributed by atoms with Crippen molar-refractivity contribution < 1.29 is 42.1 Å². The zero-order valence-corrected chi connectivity index (χ0v) is 67.3. The Labute approximate surface area is 620 Å². The van der Waals surface area contributed by atoms with E-state index in [1.807, 2.05) is 21.1 Å². The molecule has 0 N–H and O–H groups in total. The molecule has 0 heterocycles. The van der Waals surface area contributed by atoms with Gasteiger partial charge in [-0.05, 0) is 103 Å². The summed E-state index contributed by atoms with van der Waals surface area (Å²) in [6.45, 7) is 4.18. The minimum Gasteiger partial charge on any atom is -0.756 e. The largest absolute Gasteiger partial charge is 0.756 e. The molecule has 2 atom stereocenters. The van der Waals surface area contributed by atoms with Gasteiger partial charge in [-0.3, -0.25) is 14.2 Å². The van der Waals surface area contributed by atoms with Gasteiger partial charge in [-0.15, -0.1) is 0 Å². The summed E-state index contributed by atoms with van der Waals surface area (Å²) in [5, 5.41) is 0. The number of rotatable bonds is 79. The molecule has 0 aromatic rings. The van der Waals surface area contributed by atoms with Gasteiger partial charge in [-0.1, -0.05) is 393 Å². The third kappa shape index (κ3) is 83.6. The number of quaternary nitrogens is 1. The number of carbonyl (C=O) groups is 2. The molecule has 0 bridgehead atoms. The Morgan fingerprint density at radius 1 is 0.320 bits per heavy atom. The van der Waals surface area contributed by atoms with Gasteiger partial charge in [-0.2, -0.15) is 0 Å². The third-order valence-corrected chi connectivity index (χ3v) is 19.7. The van der Waals surface area contributed by atoms with Crippen LogP contribution in [0.4, 0.5) is 0 Å². The van der Waals surface area contributed by atoms with E-state index in [0.717, 1.165) is 89.9 Å². The van der Waals surface area contributed by atoms with E-state index in [1.165, 1.54) is 276 Å². The predicted molar refractivity (Wildman–Crippen MR) is 434 cm³/mol. The molecule has 2 unspecified atom stereocenters. The molecule has 10 heteroatoms. The standard InChI is InChI=1S/C90H162NO8P/c1-6-8-10-12-14-16-18-20-22-24-26-28-30-32-34-36-38-40-42-43-44-45-46-47-49-51-53-55-57-59-61-63-65-67-69-71-73-75-77-79-81-83-90(93)99-88(87-98-100(94,95)97-85-84-91(3,4)5)86-96-89(92)82-80-78-76-74-72-70-68-66-64-62-60-58-56-54-52-50-48-41-39-37-35-33-31-29-27-25-23-21-19-17-15-13-11-9-7-2/h8,10,14,16,20,22,25-28,32,34,38,40,43-44,46-47,88H,6-7,9,11-13,15,17-19,21,23-24,29-31,33,35-37,39,41-42,45,48-87H2,1-5H3/b10-8-,16-14-,22-20-,27-25-,28-26-,34-32-,40-38-,44-43-,47-46-. The topological polar surface area (TPSA) is 111 Å². The van der Waals surface area contributed by atoms with Crippen LogP contribution in [-0.4, -0.2) is 70.0 Å². The number of esters is 2. The van der Waals surface area contributed by atoms with Crippen molar-refractivity contribution in [3.05, 3.63) is 109 Å². The summed E-state index contributed by atoms with van der Waals surface area (Å²) in [6, 6.07) is 0. The first-order valence-corrected chi connectivity index (χ1v) is 44.1. The van der Waals surface area contributed by atoms with E-state index in [9.17, 15) is 19.0 Å². The number of nitrogens with zero attached hydrogens (tertiary/aromatic N) is 1. The van der Waals surface area contributed by atoms with Gasteiger partial charge in [-0.25, -0.2) is 0 Å². The maximum absolute atomic E-state index is 12.9. The average Bonchev–Trinajstić information content (AvgIpc) is 1.30. The highest BCUT2D eigenvalue weighted by atomic mass is 31.2. The lowest BCUT2D eigenvalue weighted by molar-refractivity contribution is -0.870. The van der Waals surface area contributed by atoms with Crippen molar-refractivity contribution in [2.45, 2.75) is 405 Å². The fraction of sp³-hybridized carbons (Fsp3) is 0.778. The molecule has 0 saturated heterocycles. The van der Waals surface area contributed by atoms with Crippen molar-refractivity contribution in [3.63, 3.8) is 0 Å². The number of ether oxygens (including phenoxy) is 2. The summed E-state index contributed by atoms with van der Waals surface area (Å²) in [6.07, 6.45) is 114. The number of carbonyl (C=O) groups excluding carboxylic acids is 2. The normalized spacial score (nSPS) is 13.5. The number of phosphoric ester groups is 1. The molecule has 0 fully saturated rings. The van der Waals surface area contributed by atoms with E-state index in [2.05, 4.69) is 123 Å². The summed E-state index contributed by atoms with van der Waals surface area (Å²) in [4.78, 5) is 38.2. The molecule has 0 amide bonds. The van der Waals surface area contributed by atoms with Crippen molar-refractivity contribution in [1.29, 1.82) is 0 Å². The number of phosphoric acid groups is 1. The highest BCUT2D eigenvalue weighted by molar-refractivity contribution is 7.45. The molecule has 0 aliphatic rings. The molecule has 9 nitrogen and oxygen atoms in total. The van der Waals surface area contributed by atoms with E-state index in [0.29, 0.717) is 17.4 Å². The van der Waals surface area contributed by atoms with Gasteiger partial charge in [0.25, 0.3) is 7.82 Å². The lowest BCUT2D eigenvalue weighted by Crippen LogP contribution is -2.37. The Hall–Kier alpha value is -3.33. The van der Waals surface area contributed by atoms with Crippen LogP contribution in [0.15, 0.2) is 109 Å². The average molecular weight is 1420 g/mol. The Balaban J connectivity index is 3.93. The van der Waals surface area contributed by atoms with Crippen LogP contribution in [0.2, 0.25) is 0 Å². The van der Waals surface area contributed by atoms with E-state index in [-0.39, 0.29) is 32.0 Å². The van der Waals surface area contributed by atoms with Gasteiger partial charge in [0.2, 0.25) is 0 Å². The van der Waals surface area contributed by atoms with Gasteiger partial charge in [0.05, 0.1) is 27.7 Å².